The number of pyridine rings is 1. The number of carbonyl (C=O) groups is 1. The zero-order valence-corrected chi connectivity index (χ0v) is 17.4. The Bertz CT molecular complexity index is 965. The van der Waals surface area contributed by atoms with Crippen molar-refractivity contribution in [2.45, 2.75) is 0 Å². The van der Waals surface area contributed by atoms with Gasteiger partial charge in [-0.3, -0.25) is 4.79 Å². The Morgan fingerprint density at radius 2 is 1.73 bits per heavy atom. The van der Waals surface area contributed by atoms with Crippen molar-refractivity contribution in [1.29, 1.82) is 0 Å². The first-order valence-corrected chi connectivity index (χ1v) is 9.88. The molecule has 0 bridgehead atoms. The van der Waals surface area contributed by atoms with Crippen molar-refractivity contribution < 1.29 is 4.79 Å². The van der Waals surface area contributed by atoms with Crippen LogP contribution in [0.15, 0.2) is 42.7 Å². The Kier molecular flexibility index (Phi) is 5.09. The Labute approximate surface area is 175 Å². The molecule has 0 spiro atoms. The molecule has 1 fully saturated rings. The Hall–Kier alpha value is -1.35. The van der Waals surface area contributed by atoms with Gasteiger partial charge in [0.2, 0.25) is 0 Å². The number of benzene rings is 1. The number of amides is 1. The quantitative estimate of drug-likeness (QED) is 0.297. The van der Waals surface area contributed by atoms with E-state index in [0.717, 1.165) is 29.7 Å². The number of carbonyl (C=O) groups excluding carboxylic acids is 1. The summed E-state index contributed by atoms with van der Waals surface area (Å²) >= 11 is 14.7. The normalized spacial score (nSPS) is 15.6. The first-order chi connectivity index (χ1) is 12.5. The largest absolute Gasteiger partial charge is 0.336 e. The molecule has 0 aliphatic carbocycles. The highest BCUT2D eigenvalue weighted by Crippen LogP contribution is 2.30. The lowest BCUT2D eigenvalue weighted by molar-refractivity contribution is 0.0713. The Morgan fingerprint density at radius 3 is 2.42 bits per heavy atom. The highest BCUT2D eigenvalue weighted by Gasteiger charge is 2.25. The van der Waals surface area contributed by atoms with E-state index in [4.69, 9.17) is 23.2 Å². The van der Waals surface area contributed by atoms with E-state index in [1.807, 2.05) is 46.0 Å². The van der Waals surface area contributed by atoms with Gasteiger partial charge in [-0.1, -0.05) is 23.2 Å². The summed E-state index contributed by atoms with van der Waals surface area (Å²) in [7, 11) is 0. The third-order valence-corrected chi connectivity index (χ3v) is 6.01. The minimum Gasteiger partial charge on any atom is -0.336 e. The molecule has 3 heterocycles. The van der Waals surface area contributed by atoms with Crippen molar-refractivity contribution in [2.24, 2.45) is 0 Å². The molecule has 2 aromatic heterocycles. The van der Waals surface area contributed by atoms with Crippen molar-refractivity contribution in [3.8, 4) is 5.69 Å². The highest BCUT2D eigenvalue weighted by molar-refractivity contribution is 14.1. The predicted octanol–water partition coefficient (Wildman–Crippen LogP) is 4.44. The second-order valence-electron chi connectivity index (χ2n) is 6.09. The molecular formula is C18H15Cl2IN4O. The van der Waals surface area contributed by atoms with Crippen LogP contribution >= 0.6 is 46.1 Å². The first-order valence-electron chi connectivity index (χ1n) is 8.16. The number of fused-ring (bicyclic) bond motifs is 1. The van der Waals surface area contributed by atoms with Gasteiger partial charge in [-0.05, 0) is 30.3 Å². The summed E-state index contributed by atoms with van der Waals surface area (Å²) in [6, 6.07) is 9.26. The second-order valence-corrected chi connectivity index (χ2v) is 8.25. The minimum atomic E-state index is 0.0227. The van der Waals surface area contributed by atoms with Crippen molar-refractivity contribution in [3.05, 3.63) is 58.5 Å². The number of rotatable bonds is 2. The van der Waals surface area contributed by atoms with Crippen molar-refractivity contribution in [1.82, 2.24) is 17.6 Å². The maximum absolute atomic E-state index is 13.1. The van der Waals surface area contributed by atoms with Gasteiger partial charge in [-0.2, -0.15) is 0 Å². The molecule has 0 unspecified atom stereocenters. The number of aromatic nitrogens is 2. The number of hydrogen-bond donors (Lipinski definition) is 0. The lowest BCUT2D eigenvalue weighted by Gasteiger charge is -2.31. The molecular weight excluding hydrogens is 486 g/mol. The van der Waals surface area contributed by atoms with E-state index in [1.165, 1.54) is 0 Å². The summed E-state index contributed by atoms with van der Waals surface area (Å²) in [5, 5.41) is 1.83. The van der Waals surface area contributed by atoms with Crippen molar-refractivity contribution >= 4 is 62.9 Å². The average Bonchev–Trinajstić information content (AvgIpc) is 3.03. The summed E-state index contributed by atoms with van der Waals surface area (Å²) in [5.74, 6) is 0.0227. The minimum absolute atomic E-state index is 0.0227. The van der Waals surface area contributed by atoms with Crippen LogP contribution in [0.1, 0.15) is 10.4 Å². The summed E-state index contributed by atoms with van der Waals surface area (Å²) in [6.45, 7) is 3.16. The van der Waals surface area contributed by atoms with E-state index in [2.05, 4.69) is 31.0 Å². The van der Waals surface area contributed by atoms with Crippen LogP contribution in [0.4, 0.5) is 0 Å². The molecule has 1 saturated heterocycles. The standard InChI is InChI=1S/C18H15Cl2IN4O/c19-12-1-3-13(4-2-12)25-11-15(14-5-6-22-17(20)16(14)25)18(26)23-7-9-24(21)10-8-23/h1-6,11H,7-10H2. The average molecular weight is 501 g/mol. The van der Waals surface area contributed by atoms with Crippen LogP contribution in [0.2, 0.25) is 10.2 Å². The molecule has 0 N–H and O–H groups in total. The van der Waals surface area contributed by atoms with Crippen LogP contribution in [-0.2, 0) is 0 Å². The van der Waals surface area contributed by atoms with Gasteiger partial charge in [0.1, 0.15) is 0 Å². The number of piperazine rings is 1. The molecule has 1 aliphatic rings. The summed E-state index contributed by atoms with van der Waals surface area (Å²) in [6.07, 6.45) is 3.48. The zero-order valence-electron chi connectivity index (χ0n) is 13.7. The van der Waals surface area contributed by atoms with Crippen molar-refractivity contribution in [3.63, 3.8) is 0 Å². The SMILES string of the molecule is O=C(c1cn(-c2ccc(Cl)cc2)c2c(Cl)nccc12)N1CCN(I)CC1. The van der Waals surface area contributed by atoms with Crippen LogP contribution in [0.25, 0.3) is 16.6 Å². The van der Waals surface area contributed by atoms with Crippen LogP contribution in [0, 0.1) is 0 Å². The predicted molar refractivity (Wildman–Crippen MR) is 113 cm³/mol. The fourth-order valence-electron chi connectivity index (χ4n) is 3.17. The van der Waals surface area contributed by atoms with Gasteiger partial charge in [0.25, 0.3) is 5.91 Å². The molecule has 0 saturated carbocycles. The van der Waals surface area contributed by atoms with Gasteiger partial charge in [0, 0.05) is 77.5 Å². The fourth-order valence-corrected chi connectivity index (χ4v) is 3.98. The number of halogens is 3. The molecule has 3 aromatic rings. The summed E-state index contributed by atoms with van der Waals surface area (Å²) < 4.78 is 4.10. The second kappa shape index (κ2) is 7.34. The molecule has 1 amide bonds. The molecule has 5 nitrogen and oxygen atoms in total. The maximum atomic E-state index is 13.1. The topological polar surface area (TPSA) is 41.4 Å². The van der Waals surface area contributed by atoms with Crippen LogP contribution in [0.3, 0.4) is 0 Å². The molecule has 0 radical (unpaired) electrons. The Balaban J connectivity index is 1.82. The molecule has 1 aliphatic heterocycles. The van der Waals surface area contributed by atoms with Gasteiger partial charge in [0.05, 0.1) is 11.1 Å². The first kappa shape index (κ1) is 18.0. The van der Waals surface area contributed by atoms with E-state index in [-0.39, 0.29) is 5.91 Å². The smallest absolute Gasteiger partial charge is 0.256 e. The van der Waals surface area contributed by atoms with Gasteiger partial charge >= 0.3 is 0 Å². The lowest BCUT2D eigenvalue weighted by atomic mass is 10.2. The molecule has 4 rings (SSSR count). The molecule has 0 atom stereocenters. The zero-order chi connectivity index (χ0) is 18.3. The molecule has 134 valence electrons. The van der Waals surface area contributed by atoms with Gasteiger partial charge in [0.15, 0.2) is 5.15 Å². The maximum Gasteiger partial charge on any atom is 0.256 e. The highest BCUT2D eigenvalue weighted by atomic mass is 127. The molecule has 1 aromatic carbocycles. The molecule has 8 heteroatoms. The van der Waals surface area contributed by atoms with E-state index in [9.17, 15) is 4.79 Å². The van der Waals surface area contributed by atoms with E-state index in [1.54, 1.807) is 6.20 Å². The molecule has 26 heavy (non-hydrogen) atoms. The fraction of sp³-hybridized carbons (Fsp3) is 0.222. The van der Waals surface area contributed by atoms with Gasteiger partial charge < -0.3 is 9.47 Å². The Morgan fingerprint density at radius 1 is 1.04 bits per heavy atom. The van der Waals surface area contributed by atoms with Crippen LogP contribution in [-0.4, -0.2) is 49.7 Å². The van der Waals surface area contributed by atoms with Gasteiger partial charge in [-0.25, -0.2) is 8.10 Å². The lowest BCUT2D eigenvalue weighted by Crippen LogP contribution is -2.45. The van der Waals surface area contributed by atoms with E-state index < -0.39 is 0 Å². The van der Waals surface area contributed by atoms with E-state index in [0.29, 0.717) is 28.8 Å². The van der Waals surface area contributed by atoms with Crippen LogP contribution < -0.4 is 0 Å². The number of nitrogens with zero attached hydrogens (tertiary/aromatic N) is 4. The van der Waals surface area contributed by atoms with Crippen LogP contribution in [0.5, 0.6) is 0 Å². The number of hydrogen-bond acceptors (Lipinski definition) is 3. The third-order valence-electron chi connectivity index (χ3n) is 4.52. The van der Waals surface area contributed by atoms with Crippen molar-refractivity contribution in [2.75, 3.05) is 26.2 Å². The van der Waals surface area contributed by atoms with E-state index >= 15 is 0 Å². The third kappa shape index (κ3) is 3.31. The monoisotopic (exact) mass is 500 g/mol. The van der Waals surface area contributed by atoms with Gasteiger partial charge in [-0.15, -0.1) is 0 Å². The summed E-state index contributed by atoms with van der Waals surface area (Å²) in [5.41, 5.74) is 2.25. The summed E-state index contributed by atoms with van der Waals surface area (Å²) in [4.78, 5) is 19.2.